The number of ether oxygens (including phenoxy) is 1. The smallest absolute Gasteiger partial charge is 0.475 e. The van der Waals surface area contributed by atoms with Gasteiger partial charge in [-0.3, -0.25) is 0 Å². The lowest BCUT2D eigenvalue weighted by molar-refractivity contribution is -0.192. The maximum atomic E-state index is 11.4. The van der Waals surface area contributed by atoms with E-state index in [0.29, 0.717) is 18.6 Å². The summed E-state index contributed by atoms with van der Waals surface area (Å²) in [5, 5.41) is 10.5. The van der Waals surface area contributed by atoms with Crippen LogP contribution in [0, 0.1) is 0 Å². The van der Waals surface area contributed by atoms with E-state index in [2.05, 4.69) is 40.4 Å². The minimum Gasteiger partial charge on any atom is -0.475 e. The van der Waals surface area contributed by atoms with Crippen molar-refractivity contribution in [3.63, 3.8) is 0 Å². The third-order valence-electron chi connectivity index (χ3n) is 5.41. The van der Waals surface area contributed by atoms with Gasteiger partial charge in [0.15, 0.2) is 0 Å². The summed E-state index contributed by atoms with van der Waals surface area (Å²) in [6.07, 6.45) is 1.74. The maximum Gasteiger partial charge on any atom is 0.490 e. The second-order valence-corrected chi connectivity index (χ2v) is 9.65. The van der Waals surface area contributed by atoms with Gasteiger partial charge in [0.25, 0.3) is 0 Å². The molecular weight excluding hydrogens is 437 g/mol. The van der Waals surface area contributed by atoms with Gasteiger partial charge in [0.05, 0.1) is 19.0 Å². The van der Waals surface area contributed by atoms with E-state index in [9.17, 15) is 21.6 Å². The summed E-state index contributed by atoms with van der Waals surface area (Å²) in [5.74, 6) is -2.11. The number of aliphatic carboxylic acids is 1. The van der Waals surface area contributed by atoms with Crippen molar-refractivity contribution in [1.82, 2.24) is 10.0 Å². The largest absolute Gasteiger partial charge is 0.490 e. The molecule has 0 amide bonds. The second kappa shape index (κ2) is 11.3. The molecule has 0 aromatic heterocycles. The summed E-state index contributed by atoms with van der Waals surface area (Å²) in [7, 11) is -3.17. The molecule has 7 nitrogen and oxygen atoms in total. The minimum atomic E-state index is -5.08. The van der Waals surface area contributed by atoms with Crippen molar-refractivity contribution < 1.29 is 36.2 Å². The van der Waals surface area contributed by atoms with Gasteiger partial charge in [0.2, 0.25) is 10.0 Å². The molecule has 3 rings (SSSR count). The standard InChI is InChI=1S/C18H28N2O3S.C2HF3O2/c1-24(21,22)20-17-11-12-19-18(17)13-23-16-9-7-15(8-10-16)14-5-3-2-4-6-14;3-2(4,5)1(6)7/h2-6,15-20H,7-13H2,1H3;(H,6,7)/t15-,16+,17-,18-;/m1./s1. The molecule has 31 heavy (non-hydrogen) atoms. The SMILES string of the molecule is CS(=O)(=O)N[C@@H]1CCN[C@@H]1CO[C@H]1CC[C@@H](c2ccccc2)CC1.O=C(O)C(F)(F)F. The number of carbonyl (C=O) groups is 1. The zero-order valence-electron chi connectivity index (χ0n) is 17.3. The molecular formula is C20H29F3N2O5S. The van der Waals surface area contributed by atoms with Gasteiger partial charge in [0.1, 0.15) is 0 Å². The molecule has 1 aromatic rings. The van der Waals surface area contributed by atoms with E-state index in [1.165, 1.54) is 11.8 Å². The van der Waals surface area contributed by atoms with Gasteiger partial charge < -0.3 is 15.2 Å². The summed E-state index contributed by atoms with van der Waals surface area (Å²) < 4.78 is 63.4. The molecule has 1 saturated carbocycles. The van der Waals surface area contributed by atoms with Crippen molar-refractivity contribution in [3.8, 4) is 0 Å². The quantitative estimate of drug-likeness (QED) is 0.596. The number of sulfonamides is 1. The molecule has 3 N–H and O–H groups in total. The zero-order valence-corrected chi connectivity index (χ0v) is 18.1. The number of nitrogens with one attached hydrogen (secondary N) is 2. The first-order chi connectivity index (χ1) is 14.5. The molecule has 1 heterocycles. The predicted molar refractivity (Wildman–Crippen MR) is 109 cm³/mol. The number of carboxylic acids is 1. The fraction of sp³-hybridized carbons (Fsp3) is 0.650. The summed E-state index contributed by atoms with van der Waals surface area (Å²) >= 11 is 0. The molecule has 0 radical (unpaired) electrons. The Labute approximate surface area is 180 Å². The molecule has 1 aliphatic heterocycles. The topological polar surface area (TPSA) is 105 Å². The Kier molecular flexibility index (Phi) is 9.28. The zero-order chi connectivity index (χ0) is 23.1. The average Bonchev–Trinajstić information content (AvgIpc) is 3.12. The Hall–Kier alpha value is -1.69. The van der Waals surface area contributed by atoms with Gasteiger partial charge in [0, 0.05) is 12.1 Å². The number of hydrogen-bond acceptors (Lipinski definition) is 5. The van der Waals surface area contributed by atoms with E-state index in [1.807, 2.05) is 0 Å². The van der Waals surface area contributed by atoms with Gasteiger partial charge in [-0.2, -0.15) is 13.2 Å². The second-order valence-electron chi connectivity index (χ2n) is 7.87. The van der Waals surface area contributed by atoms with Crippen LogP contribution in [-0.4, -0.2) is 63.3 Å². The van der Waals surface area contributed by atoms with Crippen LogP contribution in [0.15, 0.2) is 30.3 Å². The van der Waals surface area contributed by atoms with Crippen LogP contribution in [0.2, 0.25) is 0 Å². The lowest BCUT2D eigenvalue weighted by atomic mass is 9.83. The van der Waals surface area contributed by atoms with Crippen LogP contribution >= 0.6 is 0 Å². The van der Waals surface area contributed by atoms with Crippen LogP contribution < -0.4 is 10.0 Å². The summed E-state index contributed by atoms with van der Waals surface area (Å²) in [5.41, 5.74) is 1.44. The van der Waals surface area contributed by atoms with E-state index >= 15 is 0 Å². The van der Waals surface area contributed by atoms with Gasteiger partial charge in [-0.25, -0.2) is 17.9 Å². The lowest BCUT2D eigenvalue weighted by Gasteiger charge is -2.30. The number of carboxylic acid groups (broad SMARTS) is 1. The highest BCUT2D eigenvalue weighted by molar-refractivity contribution is 7.88. The molecule has 2 atom stereocenters. The highest BCUT2D eigenvalue weighted by atomic mass is 32.2. The molecule has 176 valence electrons. The molecule has 0 bridgehead atoms. The first-order valence-electron chi connectivity index (χ1n) is 10.1. The molecule has 2 fully saturated rings. The highest BCUT2D eigenvalue weighted by Gasteiger charge is 2.38. The average molecular weight is 467 g/mol. The number of benzene rings is 1. The number of alkyl halides is 3. The Morgan fingerprint density at radius 1 is 1.16 bits per heavy atom. The first kappa shape index (κ1) is 25.6. The van der Waals surface area contributed by atoms with Crippen molar-refractivity contribution >= 4 is 16.0 Å². The Morgan fingerprint density at radius 3 is 2.26 bits per heavy atom. The number of halogens is 3. The van der Waals surface area contributed by atoms with E-state index in [0.717, 1.165) is 38.6 Å². The van der Waals surface area contributed by atoms with Crippen LogP contribution in [-0.2, 0) is 19.6 Å². The van der Waals surface area contributed by atoms with Crippen molar-refractivity contribution in [2.24, 2.45) is 0 Å². The molecule has 0 spiro atoms. The van der Waals surface area contributed by atoms with Crippen molar-refractivity contribution in [2.45, 2.75) is 62.4 Å². The summed E-state index contributed by atoms with van der Waals surface area (Å²) in [6, 6.07) is 10.7. The van der Waals surface area contributed by atoms with Gasteiger partial charge >= 0.3 is 12.1 Å². The Morgan fingerprint density at radius 2 is 1.74 bits per heavy atom. The number of hydrogen-bond donors (Lipinski definition) is 3. The maximum absolute atomic E-state index is 11.4. The molecule has 1 aliphatic carbocycles. The van der Waals surface area contributed by atoms with Crippen LogP contribution in [0.1, 0.15) is 43.6 Å². The normalized spacial score (nSPS) is 26.7. The fourth-order valence-electron chi connectivity index (χ4n) is 3.89. The monoisotopic (exact) mass is 466 g/mol. The predicted octanol–water partition coefficient (Wildman–Crippen LogP) is 2.64. The summed E-state index contributed by atoms with van der Waals surface area (Å²) in [4.78, 5) is 8.90. The van der Waals surface area contributed by atoms with Gasteiger partial charge in [-0.05, 0) is 50.1 Å². The molecule has 2 aliphatic rings. The van der Waals surface area contributed by atoms with E-state index < -0.39 is 22.2 Å². The van der Waals surface area contributed by atoms with Crippen LogP contribution in [0.25, 0.3) is 0 Å². The van der Waals surface area contributed by atoms with Crippen molar-refractivity contribution in [2.75, 3.05) is 19.4 Å². The molecule has 0 unspecified atom stereocenters. The minimum absolute atomic E-state index is 0.0549. The number of rotatable bonds is 6. The summed E-state index contributed by atoms with van der Waals surface area (Å²) in [6.45, 7) is 1.41. The van der Waals surface area contributed by atoms with Gasteiger partial charge in [-0.15, -0.1) is 0 Å². The molecule has 1 aromatic carbocycles. The fourth-order valence-corrected chi connectivity index (χ4v) is 4.72. The highest BCUT2D eigenvalue weighted by Crippen LogP contribution is 2.34. The van der Waals surface area contributed by atoms with Crippen LogP contribution in [0.5, 0.6) is 0 Å². The third-order valence-corrected chi connectivity index (χ3v) is 6.14. The van der Waals surface area contributed by atoms with Crippen molar-refractivity contribution in [3.05, 3.63) is 35.9 Å². The van der Waals surface area contributed by atoms with E-state index in [1.54, 1.807) is 0 Å². The Bertz CT molecular complexity index is 797. The van der Waals surface area contributed by atoms with Gasteiger partial charge in [-0.1, -0.05) is 30.3 Å². The molecule has 1 saturated heterocycles. The lowest BCUT2D eigenvalue weighted by Crippen LogP contribution is -2.46. The van der Waals surface area contributed by atoms with Crippen LogP contribution in [0.4, 0.5) is 13.2 Å². The van der Waals surface area contributed by atoms with E-state index in [-0.39, 0.29) is 12.1 Å². The molecule has 11 heteroatoms. The Balaban J connectivity index is 0.000000423. The van der Waals surface area contributed by atoms with Crippen LogP contribution in [0.3, 0.4) is 0 Å². The third kappa shape index (κ3) is 9.14. The first-order valence-corrected chi connectivity index (χ1v) is 12.0. The van der Waals surface area contributed by atoms with E-state index in [4.69, 9.17) is 14.6 Å². The van der Waals surface area contributed by atoms with Crippen molar-refractivity contribution in [1.29, 1.82) is 0 Å².